The maximum atomic E-state index is 13.7. The van der Waals surface area contributed by atoms with E-state index in [4.69, 9.17) is 29.5 Å². The van der Waals surface area contributed by atoms with E-state index in [1.165, 1.54) is 12.0 Å². The summed E-state index contributed by atoms with van der Waals surface area (Å²) in [6, 6.07) is 4.92. The number of allylic oxidation sites excluding steroid dienone is 3. The molecule has 0 unspecified atom stereocenters. The maximum Gasteiger partial charge on any atom is 0.432 e. The van der Waals surface area contributed by atoms with Crippen molar-refractivity contribution in [2.24, 2.45) is 5.73 Å². The van der Waals surface area contributed by atoms with Crippen LogP contribution in [0.3, 0.4) is 0 Å². The highest BCUT2D eigenvalue weighted by Crippen LogP contribution is 2.38. The summed E-state index contributed by atoms with van der Waals surface area (Å²) in [6.07, 6.45) is -2.92. The van der Waals surface area contributed by atoms with Gasteiger partial charge in [0, 0.05) is 37.6 Å². The van der Waals surface area contributed by atoms with Gasteiger partial charge in [0.25, 0.3) is 0 Å². The molecule has 4 N–H and O–H groups in total. The van der Waals surface area contributed by atoms with Crippen LogP contribution < -0.4 is 16.5 Å². The van der Waals surface area contributed by atoms with Gasteiger partial charge in [0.1, 0.15) is 17.9 Å². The Morgan fingerprint density at radius 2 is 1.98 bits per heavy atom. The molecule has 44 heavy (non-hydrogen) atoms. The number of fused-ring (bicyclic) bond motifs is 2. The highest BCUT2D eigenvalue weighted by Gasteiger charge is 2.40. The Kier molecular flexibility index (Phi) is 10.5. The van der Waals surface area contributed by atoms with Gasteiger partial charge in [0.2, 0.25) is 0 Å². The minimum atomic E-state index is -4.61. The molecule has 0 bridgehead atoms. The van der Waals surface area contributed by atoms with E-state index < -0.39 is 35.7 Å². The molecule has 2 atom stereocenters. The highest BCUT2D eigenvalue weighted by molar-refractivity contribution is 5.74. The Labute approximate surface area is 254 Å². The van der Waals surface area contributed by atoms with E-state index >= 15 is 0 Å². The first-order valence-electron chi connectivity index (χ1n) is 14.3. The van der Waals surface area contributed by atoms with Gasteiger partial charge >= 0.3 is 18.4 Å². The summed E-state index contributed by atoms with van der Waals surface area (Å²) in [7, 11) is 1.38. The first-order chi connectivity index (χ1) is 20.7. The predicted molar refractivity (Wildman–Crippen MR) is 153 cm³/mol. The van der Waals surface area contributed by atoms with Crippen LogP contribution in [0.15, 0.2) is 35.5 Å². The fraction of sp³-hybridized carbons (Fsp3) is 0.586. The van der Waals surface area contributed by atoms with Crippen LogP contribution in [-0.2, 0) is 30.4 Å². The third kappa shape index (κ3) is 8.70. The zero-order valence-corrected chi connectivity index (χ0v) is 25.3. The Hall–Kier alpha value is -3.69. The van der Waals surface area contributed by atoms with E-state index in [2.05, 4.69) is 10.7 Å². The second-order valence-electron chi connectivity index (χ2n) is 11.7. The lowest BCUT2D eigenvalue weighted by Gasteiger charge is -2.40. The second-order valence-corrected chi connectivity index (χ2v) is 11.7. The fourth-order valence-electron chi connectivity index (χ4n) is 5.25. The van der Waals surface area contributed by atoms with Gasteiger partial charge < -0.3 is 30.0 Å². The summed E-state index contributed by atoms with van der Waals surface area (Å²) in [5.41, 5.74) is 8.80. The molecule has 15 heteroatoms. The van der Waals surface area contributed by atoms with Crippen LogP contribution in [0.4, 0.5) is 28.4 Å². The lowest BCUT2D eigenvalue weighted by Crippen LogP contribution is -2.54. The van der Waals surface area contributed by atoms with Crippen molar-refractivity contribution in [1.82, 2.24) is 15.5 Å². The molecule has 1 aromatic rings. The molecule has 1 fully saturated rings. The van der Waals surface area contributed by atoms with E-state index in [9.17, 15) is 22.8 Å². The molecule has 0 aliphatic carbocycles. The minimum absolute atomic E-state index is 0.0465. The van der Waals surface area contributed by atoms with Gasteiger partial charge in [0.05, 0.1) is 18.3 Å². The molecular weight excluding hydrogens is 587 g/mol. The average Bonchev–Trinajstić information content (AvgIpc) is 3.02. The number of halogens is 3. The van der Waals surface area contributed by atoms with Gasteiger partial charge in [-0.15, -0.1) is 0 Å². The van der Waals surface area contributed by atoms with Crippen LogP contribution in [0.2, 0.25) is 0 Å². The average molecular weight is 628 g/mol. The number of carbonyl (C=O) groups excluding carboxylic acids is 2. The molecule has 4 rings (SSSR count). The van der Waals surface area contributed by atoms with E-state index in [0.29, 0.717) is 49.1 Å². The first kappa shape index (κ1) is 33.2. The number of nitrogens with zero attached hydrogens (tertiary/aromatic N) is 2. The zero-order chi connectivity index (χ0) is 32.1. The molecular formula is C29H40F3N5O7. The third-order valence-corrected chi connectivity index (χ3v) is 7.13. The zero-order valence-electron chi connectivity index (χ0n) is 25.3. The van der Waals surface area contributed by atoms with Crippen molar-refractivity contribution in [3.63, 3.8) is 0 Å². The number of hydrazine groups is 1. The molecule has 244 valence electrons. The number of alkyl halides is 3. The number of anilines is 1. The maximum absolute atomic E-state index is 13.7. The molecule has 0 saturated carbocycles. The van der Waals surface area contributed by atoms with E-state index in [1.807, 2.05) is 12.1 Å². The number of benzene rings is 1. The predicted octanol–water partition coefficient (Wildman–Crippen LogP) is 4.79. The van der Waals surface area contributed by atoms with Crippen molar-refractivity contribution in [3.05, 3.63) is 46.7 Å². The number of likely N-dealkylation sites (tertiary alicyclic amines) is 1. The topological polar surface area (TPSA) is 137 Å². The number of rotatable bonds is 7. The van der Waals surface area contributed by atoms with E-state index in [0.717, 1.165) is 22.5 Å². The Morgan fingerprint density at radius 1 is 1.20 bits per heavy atom. The highest BCUT2D eigenvalue weighted by atomic mass is 19.4. The number of methoxy groups -OCH3 is 1. The number of hydrogen-bond acceptors (Lipinski definition) is 10. The van der Waals surface area contributed by atoms with Crippen LogP contribution in [0.5, 0.6) is 0 Å². The summed E-state index contributed by atoms with van der Waals surface area (Å²) in [5, 5.41) is 4.47. The van der Waals surface area contributed by atoms with Gasteiger partial charge in [-0.3, -0.25) is 10.3 Å². The molecule has 3 heterocycles. The number of hydrogen-bond donors (Lipinski definition) is 3. The van der Waals surface area contributed by atoms with E-state index in [1.54, 1.807) is 26.8 Å². The first-order valence-corrected chi connectivity index (χ1v) is 14.3. The molecule has 3 aliphatic heterocycles. The number of nitrogens with one attached hydrogen (secondary N) is 2. The van der Waals surface area contributed by atoms with Gasteiger partial charge in [0.15, 0.2) is 6.79 Å². The smallest absolute Gasteiger partial charge is 0.432 e. The number of hydroxylamine groups is 1. The monoisotopic (exact) mass is 627 g/mol. The second kappa shape index (κ2) is 13.9. The molecule has 3 aliphatic rings. The van der Waals surface area contributed by atoms with Crippen molar-refractivity contribution in [3.8, 4) is 0 Å². The SMILES string of the molecule is COCON1NC(C(F)(F)F)=CC2=C1c1ccc(N[C@@H]3CC[C@@H](COC(N)=O)N(C(=O)OC(C)(C)C)C3)cc1COCCC2. The van der Waals surface area contributed by atoms with Crippen LogP contribution in [0.1, 0.15) is 57.6 Å². The summed E-state index contributed by atoms with van der Waals surface area (Å²) in [6.45, 7) is 5.84. The van der Waals surface area contributed by atoms with Crippen LogP contribution in [-0.4, -0.2) is 79.8 Å². The summed E-state index contributed by atoms with van der Waals surface area (Å²) >= 11 is 0. The van der Waals surface area contributed by atoms with Gasteiger partial charge in [-0.05, 0) is 75.8 Å². The van der Waals surface area contributed by atoms with Crippen molar-refractivity contribution < 1.29 is 46.5 Å². The van der Waals surface area contributed by atoms with E-state index in [-0.39, 0.29) is 32.6 Å². The summed E-state index contributed by atoms with van der Waals surface area (Å²) < 4.78 is 62.6. The van der Waals surface area contributed by atoms with Crippen LogP contribution >= 0.6 is 0 Å². The van der Waals surface area contributed by atoms with Gasteiger partial charge in [-0.25, -0.2) is 14.4 Å². The Balaban J connectivity index is 1.61. The molecule has 12 nitrogen and oxygen atoms in total. The molecule has 0 spiro atoms. The standard InChI is InChI=1S/C29H40F3N5O7/c1-28(2,3)44-27(39)36-14-21(7-9-22(36)16-42-26(33)38)34-20-8-10-23-19(12-20)15-41-11-5-6-18-13-24(29(30,31)32)35-37(25(18)23)43-17-40-4/h8,10,12-13,21-22,34-35H,5-7,9,11,14-17H2,1-4H3,(H2,33,38)/t21-,22+/m1/s1. The number of carbonyl (C=O) groups is 2. The number of amides is 2. The lowest BCUT2D eigenvalue weighted by molar-refractivity contribution is -0.214. The normalized spacial score (nSPS) is 21.1. The minimum Gasteiger partial charge on any atom is -0.448 e. The number of primary amides is 1. The van der Waals surface area contributed by atoms with Crippen LogP contribution in [0.25, 0.3) is 5.70 Å². The number of piperidine rings is 1. The largest absolute Gasteiger partial charge is 0.448 e. The molecule has 0 aromatic heterocycles. The van der Waals surface area contributed by atoms with Crippen molar-refractivity contribution in [2.75, 3.05) is 39.0 Å². The molecule has 1 aromatic carbocycles. The van der Waals surface area contributed by atoms with Crippen LogP contribution in [0, 0.1) is 0 Å². The molecule has 2 amide bonds. The van der Waals surface area contributed by atoms with Crippen molar-refractivity contribution in [1.29, 1.82) is 0 Å². The van der Waals surface area contributed by atoms with Gasteiger partial charge in [-0.2, -0.15) is 18.3 Å². The Bertz CT molecular complexity index is 1260. The van der Waals surface area contributed by atoms with Crippen molar-refractivity contribution >= 4 is 23.6 Å². The third-order valence-electron chi connectivity index (χ3n) is 7.13. The quantitative estimate of drug-likeness (QED) is 0.362. The number of nitrogens with two attached hydrogens (primary N) is 1. The summed E-state index contributed by atoms with van der Waals surface area (Å²) in [4.78, 5) is 31.4. The fourth-order valence-corrected chi connectivity index (χ4v) is 5.25. The summed E-state index contributed by atoms with van der Waals surface area (Å²) in [5.74, 6) is 0. The van der Waals surface area contributed by atoms with Gasteiger partial charge in [-0.1, -0.05) is 6.07 Å². The molecule has 0 radical (unpaired) electrons. The Morgan fingerprint density at radius 3 is 2.66 bits per heavy atom. The molecule has 1 saturated heterocycles. The van der Waals surface area contributed by atoms with Crippen molar-refractivity contribution in [2.45, 2.75) is 76.9 Å². The number of ether oxygens (including phenoxy) is 4. The lowest BCUT2D eigenvalue weighted by atomic mass is 9.96.